The number of benzene rings is 2. The van der Waals surface area contributed by atoms with Crippen molar-refractivity contribution >= 4 is 17.2 Å². The zero-order valence-corrected chi connectivity index (χ0v) is 14.6. The molecule has 0 bridgehead atoms. The van der Waals surface area contributed by atoms with E-state index in [1.54, 1.807) is 12.1 Å². The molecule has 0 aliphatic heterocycles. The van der Waals surface area contributed by atoms with E-state index in [-0.39, 0.29) is 11.5 Å². The number of carbonyl (C=O) groups excluding carboxylic acids is 1. The summed E-state index contributed by atoms with van der Waals surface area (Å²) in [4.78, 5) is 23.5. The molecular formula is C19H24N3O3+. The largest absolute Gasteiger partial charge is 0.379 e. The average molecular weight is 342 g/mol. The van der Waals surface area contributed by atoms with Crippen molar-refractivity contribution in [3.05, 3.63) is 69.8 Å². The summed E-state index contributed by atoms with van der Waals surface area (Å²) in [5, 5.41) is 14.3. The van der Waals surface area contributed by atoms with Crippen LogP contribution < -0.4 is 10.2 Å². The molecule has 2 aromatic carbocycles. The number of quaternary nitrogens is 1. The summed E-state index contributed by atoms with van der Waals surface area (Å²) >= 11 is 0. The standard InChI is InChI=1S/C19H23N3O3/c1-15(23)17-9-10-18(19(13-17)22(24)25)20-11-6-12-21(2)14-16-7-4-3-5-8-16/h3-5,7-10,13,20H,6,11-12,14H2,1-2H3/p+1. The highest BCUT2D eigenvalue weighted by molar-refractivity contribution is 5.95. The van der Waals surface area contributed by atoms with Crippen molar-refractivity contribution < 1.29 is 14.6 Å². The van der Waals surface area contributed by atoms with Crippen LogP contribution in [0.1, 0.15) is 29.3 Å². The van der Waals surface area contributed by atoms with E-state index in [0.717, 1.165) is 19.5 Å². The zero-order valence-electron chi connectivity index (χ0n) is 14.6. The van der Waals surface area contributed by atoms with E-state index >= 15 is 0 Å². The Kier molecular flexibility index (Phi) is 6.65. The SMILES string of the molecule is CC(=O)c1ccc(NCCC[NH+](C)Cc2ccccc2)c([N+](=O)[O-])c1. The molecule has 0 aliphatic carbocycles. The van der Waals surface area contributed by atoms with Gasteiger partial charge in [0.2, 0.25) is 0 Å². The van der Waals surface area contributed by atoms with E-state index < -0.39 is 4.92 Å². The lowest BCUT2D eigenvalue weighted by molar-refractivity contribution is -0.893. The van der Waals surface area contributed by atoms with Gasteiger partial charge in [-0.3, -0.25) is 14.9 Å². The van der Waals surface area contributed by atoms with Crippen LogP contribution in [0.4, 0.5) is 11.4 Å². The molecule has 1 unspecified atom stereocenters. The number of nitrogens with zero attached hydrogens (tertiary/aromatic N) is 1. The molecule has 2 N–H and O–H groups in total. The first-order valence-electron chi connectivity index (χ1n) is 8.36. The minimum atomic E-state index is -0.457. The normalized spacial score (nSPS) is 11.8. The third kappa shape index (κ3) is 5.69. The first kappa shape index (κ1) is 18.6. The van der Waals surface area contributed by atoms with Crippen molar-refractivity contribution in [3.63, 3.8) is 0 Å². The van der Waals surface area contributed by atoms with E-state index in [9.17, 15) is 14.9 Å². The monoisotopic (exact) mass is 342 g/mol. The number of nitro groups is 1. The topological polar surface area (TPSA) is 76.7 Å². The average Bonchev–Trinajstić information content (AvgIpc) is 2.59. The fourth-order valence-corrected chi connectivity index (χ4v) is 2.70. The Balaban J connectivity index is 1.85. The van der Waals surface area contributed by atoms with Crippen LogP contribution in [-0.4, -0.2) is 30.8 Å². The number of nitro benzene ring substituents is 1. The van der Waals surface area contributed by atoms with Crippen molar-refractivity contribution in [2.24, 2.45) is 0 Å². The molecule has 0 aliphatic rings. The van der Waals surface area contributed by atoms with Crippen LogP contribution in [0.5, 0.6) is 0 Å². The van der Waals surface area contributed by atoms with Gasteiger partial charge in [-0.25, -0.2) is 0 Å². The molecule has 2 aromatic rings. The molecule has 0 fully saturated rings. The van der Waals surface area contributed by atoms with Crippen molar-refractivity contribution in [2.75, 3.05) is 25.5 Å². The summed E-state index contributed by atoms with van der Waals surface area (Å²) in [6.45, 7) is 3.96. The Hall–Kier alpha value is -2.73. The van der Waals surface area contributed by atoms with Gasteiger partial charge < -0.3 is 10.2 Å². The second kappa shape index (κ2) is 8.94. The lowest BCUT2D eigenvalue weighted by Gasteiger charge is -2.14. The van der Waals surface area contributed by atoms with Crippen LogP contribution in [0, 0.1) is 10.1 Å². The number of nitrogens with one attached hydrogen (secondary N) is 2. The van der Waals surface area contributed by atoms with Gasteiger partial charge in [0.05, 0.1) is 18.5 Å². The van der Waals surface area contributed by atoms with Gasteiger partial charge in [0, 0.05) is 30.2 Å². The summed E-state index contributed by atoms with van der Waals surface area (Å²) < 4.78 is 0. The number of anilines is 1. The molecule has 2 rings (SSSR count). The summed E-state index contributed by atoms with van der Waals surface area (Å²) in [5.74, 6) is -0.180. The summed E-state index contributed by atoms with van der Waals surface area (Å²) in [6, 6.07) is 14.9. The maximum absolute atomic E-state index is 11.4. The van der Waals surface area contributed by atoms with Crippen LogP contribution >= 0.6 is 0 Å². The summed E-state index contributed by atoms with van der Waals surface area (Å²) in [7, 11) is 2.14. The molecule has 0 spiro atoms. The van der Waals surface area contributed by atoms with Crippen LogP contribution in [-0.2, 0) is 6.54 Å². The molecule has 0 radical (unpaired) electrons. The molecule has 0 heterocycles. The molecule has 1 atom stereocenters. The summed E-state index contributed by atoms with van der Waals surface area (Å²) in [5.41, 5.74) is 2.04. The number of Topliss-reactive ketones (excluding diaryl/α,β-unsaturated/α-hetero) is 1. The number of ketones is 1. The molecule has 0 saturated heterocycles. The Morgan fingerprint density at radius 1 is 1.20 bits per heavy atom. The smallest absolute Gasteiger partial charge is 0.293 e. The second-order valence-electron chi connectivity index (χ2n) is 6.20. The Labute approximate surface area is 147 Å². The van der Waals surface area contributed by atoms with Gasteiger partial charge >= 0.3 is 0 Å². The molecule has 132 valence electrons. The molecule has 0 saturated carbocycles. The minimum Gasteiger partial charge on any atom is -0.379 e. The highest BCUT2D eigenvalue weighted by Crippen LogP contribution is 2.25. The molecule has 0 amide bonds. The predicted molar refractivity (Wildman–Crippen MR) is 98.1 cm³/mol. The van der Waals surface area contributed by atoms with Crippen molar-refractivity contribution in [1.29, 1.82) is 0 Å². The Bertz CT molecular complexity index is 732. The van der Waals surface area contributed by atoms with E-state index in [4.69, 9.17) is 0 Å². The van der Waals surface area contributed by atoms with E-state index in [1.165, 1.54) is 23.5 Å². The molecule has 0 aromatic heterocycles. The first-order valence-corrected chi connectivity index (χ1v) is 8.36. The van der Waals surface area contributed by atoms with Gasteiger partial charge in [-0.05, 0) is 19.1 Å². The lowest BCUT2D eigenvalue weighted by Crippen LogP contribution is -3.07. The van der Waals surface area contributed by atoms with Gasteiger partial charge in [-0.1, -0.05) is 30.3 Å². The maximum atomic E-state index is 11.4. The van der Waals surface area contributed by atoms with Gasteiger partial charge in [0.1, 0.15) is 12.2 Å². The molecular weight excluding hydrogens is 318 g/mol. The zero-order chi connectivity index (χ0) is 18.2. The van der Waals surface area contributed by atoms with Crippen LogP contribution in [0.2, 0.25) is 0 Å². The third-order valence-electron chi connectivity index (χ3n) is 4.05. The fourth-order valence-electron chi connectivity index (χ4n) is 2.70. The molecule has 6 nitrogen and oxygen atoms in total. The van der Waals surface area contributed by atoms with Crippen molar-refractivity contribution in [1.82, 2.24) is 0 Å². The van der Waals surface area contributed by atoms with Crippen LogP contribution in [0.15, 0.2) is 48.5 Å². The van der Waals surface area contributed by atoms with E-state index in [2.05, 4.69) is 24.5 Å². The number of hydrogen-bond donors (Lipinski definition) is 2. The minimum absolute atomic E-state index is 0.0577. The number of rotatable bonds is 9. The Morgan fingerprint density at radius 3 is 2.56 bits per heavy atom. The van der Waals surface area contributed by atoms with Gasteiger partial charge in [-0.15, -0.1) is 0 Å². The van der Waals surface area contributed by atoms with Crippen molar-refractivity contribution in [2.45, 2.75) is 19.9 Å². The number of hydrogen-bond acceptors (Lipinski definition) is 4. The summed E-state index contributed by atoms with van der Waals surface area (Å²) in [6.07, 6.45) is 0.893. The second-order valence-corrected chi connectivity index (χ2v) is 6.20. The number of carbonyl (C=O) groups is 1. The highest BCUT2D eigenvalue weighted by atomic mass is 16.6. The van der Waals surface area contributed by atoms with Crippen molar-refractivity contribution in [3.8, 4) is 0 Å². The predicted octanol–water partition coefficient (Wildman–Crippen LogP) is 2.31. The van der Waals surface area contributed by atoms with Crippen LogP contribution in [0.3, 0.4) is 0 Å². The van der Waals surface area contributed by atoms with Gasteiger partial charge in [-0.2, -0.15) is 0 Å². The lowest BCUT2D eigenvalue weighted by atomic mass is 10.1. The fraction of sp³-hybridized carbons (Fsp3) is 0.316. The van der Waals surface area contributed by atoms with E-state index in [0.29, 0.717) is 17.8 Å². The van der Waals surface area contributed by atoms with Gasteiger partial charge in [0.25, 0.3) is 5.69 Å². The van der Waals surface area contributed by atoms with Gasteiger partial charge in [0.15, 0.2) is 5.78 Å². The third-order valence-corrected chi connectivity index (χ3v) is 4.05. The van der Waals surface area contributed by atoms with Crippen LogP contribution in [0.25, 0.3) is 0 Å². The molecule has 25 heavy (non-hydrogen) atoms. The first-order chi connectivity index (χ1) is 12.0. The maximum Gasteiger partial charge on any atom is 0.293 e. The quantitative estimate of drug-likeness (QED) is 0.317. The molecule has 6 heteroatoms. The van der Waals surface area contributed by atoms with E-state index in [1.807, 2.05) is 18.2 Å². The Morgan fingerprint density at radius 2 is 1.92 bits per heavy atom. The highest BCUT2D eigenvalue weighted by Gasteiger charge is 2.16.